The highest BCUT2D eigenvalue weighted by molar-refractivity contribution is 9.10. The van der Waals surface area contributed by atoms with Crippen molar-refractivity contribution >= 4 is 45.1 Å². The highest BCUT2D eigenvalue weighted by atomic mass is 79.9. The van der Waals surface area contributed by atoms with Gasteiger partial charge in [-0.3, -0.25) is 25.8 Å². The van der Waals surface area contributed by atoms with Gasteiger partial charge in [-0.15, -0.1) is 0 Å². The van der Waals surface area contributed by atoms with E-state index in [-0.39, 0.29) is 11.7 Å². The number of amides is 2. The maximum Gasteiger partial charge on any atom is 0.276 e. The SMILES string of the molecule is CCCCOc1ccc(Br)cc1C(=O)NC(=S)NNC(=O)COc1cccc(C)c1. The van der Waals surface area contributed by atoms with Crippen molar-refractivity contribution in [1.29, 1.82) is 0 Å². The Hall–Kier alpha value is -2.65. The molecule has 0 radical (unpaired) electrons. The largest absolute Gasteiger partial charge is 0.493 e. The molecule has 0 saturated carbocycles. The monoisotopic (exact) mass is 493 g/mol. The molecule has 0 aliphatic rings. The predicted molar refractivity (Wildman–Crippen MR) is 123 cm³/mol. The number of hydrogen-bond acceptors (Lipinski definition) is 5. The number of thiocarbonyl (C=S) groups is 1. The van der Waals surface area contributed by atoms with Crippen LogP contribution >= 0.6 is 28.1 Å². The number of unbranched alkanes of at least 4 members (excludes halogenated alkanes) is 1. The van der Waals surface area contributed by atoms with Crippen molar-refractivity contribution in [3.05, 3.63) is 58.1 Å². The minimum Gasteiger partial charge on any atom is -0.493 e. The van der Waals surface area contributed by atoms with Gasteiger partial charge in [-0.25, -0.2) is 0 Å². The molecule has 0 fully saturated rings. The molecule has 0 aliphatic heterocycles. The summed E-state index contributed by atoms with van der Waals surface area (Å²) in [6.45, 7) is 4.30. The molecule has 2 aromatic rings. The zero-order valence-electron chi connectivity index (χ0n) is 16.8. The number of nitrogens with one attached hydrogen (secondary N) is 3. The number of ether oxygens (including phenoxy) is 2. The van der Waals surface area contributed by atoms with E-state index in [1.54, 1.807) is 24.3 Å². The number of aryl methyl sites for hydroxylation is 1. The maximum atomic E-state index is 12.6. The maximum absolute atomic E-state index is 12.6. The molecule has 30 heavy (non-hydrogen) atoms. The summed E-state index contributed by atoms with van der Waals surface area (Å²) in [5.74, 6) is 0.151. The van der Waals surface area contributed by atoms with Crippen molar-refractivity contribution in [2.45, 2.75) is 26.7 Å². The standard InChI is InChI=1S/C21H24BrN3O4S/c1-3-4-10-28-18-9-8-15(22)12-17(18)20(27)23-21(30)25-24-19(26)13-29-16-7-5-6-14(2)11-16/h5-9,11-12H,3-4,10,13H2,1-2H3,(H,24,26)(H2,23,25,27,30). The Kier molecular flexibility index (Phi) is 9.56. The Morgan fingerprint density at radius 2 is 1.90 bits per heavy atom. The summed E-state index contributed by atoms with van der Waals surface area (Å²) in [4.78, 5) is 24.5. The number of hydrogen-bond donors (Lipinski definition) is 3. The van der Waals surface area contributed by atoms with E-state index in [9.17, 15) is 9.59 Å². The number of rotatable bonds is 8. The molecule has 7 nitrogen and oxygen atoms in total. The number of hydrazine groups is 1. The highest BCUT2D eigenvalue weighted by Gasteiger charge is 2.15. The molecule has 3 N–H and O–H groups in total. The van der Waals surface area contributed by atoms with Gasteiger partial charge in [0.25, 0.3) is 11.8 Å². The minimum atomic E-state index is -0.453. The molecule has 2 aromatic carbocycles. The zero-order chi connectivity index (χ0) is 21.9. The van der Waals surface area contributed by atoms with Crippen LogP contribution in [0.15, 0.2) is 46.9 Å². The van der Waals surface area contributed by atoms with E-state index < -0.39 is 11.8 Å². The van der Waals surface area contributed by atoms with Gasteiger partial charge < -0.3 is 9.47 Å². The topological polar surface area (TPSA) is 88.7 Å². The fourth-order valence-electron chi connectivity index (χ4n) is 2.35. The molecule has 0 bridgehead atoms. The predicted octanol–water partition coefficient (Wildman–Crippen LogP) is 3.65. The quantitative estimate of drug-likeness (QED) is 0.295. The molecule has 2 amide bonds. The first kappa shape index (κ1) is 23.6. The second-order valence-electron chi connectivity index (χ2n) is 6.40. The van der Waals surface area contributed by atoms with Gasteiger partial charge in [0, 0.05) is 4.47 Å². The summed E-state index contributed by atoms with van der Waals surface area (Å²) in [5, 5.41) is 2.46. The first-order valence-corrected chi connectivity index (χ1v) is 10.6. The van der Waals surface area contributed by atoms with Crippen molar-refractivity contribution in [3.63, 3.8) is 0 Å². The summed E-state index contributed by atoms with van der Waals surface area (Å²) in [5.41, 5.74) is 6.23. The van der Waals surface area contributed by atoms with Gasteiger partial charge in [0.1, 0.15) is 11.5 Å². The van der Waals surface area contributed by atoms with Crippen LogP contribution in [-0.4, -0.2) is 30.1 Å². The van der Waals surface area contributed by atoms with E-state index >= 15 is 0 Å². The van der Waals surface area contributed by atoms with E-state index in [0.717, 1.165) is 22.9 Å². The van der Waals surface area contributed by atoms with Crippen molar-refractivity contribution in [3.8, 4) is 11.5 Å². The second-order valence-corrected chi connectivity index (χ2v) is 7.73. The third-order valence-electron chi connectivity index (χ3n) is 3.84. The Morgan fingerprint density at radius 3 is 2.63 bits per heavy atom. The molecule has 160 valence electrons. The molecule has 0 heterocycles. The van der Waals surface area contributed by atoms with Crippen molar-refractivity contribution in [2.75, 3.05) is 13.2 Å². The Balaban J connectivity index is 1.83. The van der Waals surface area contributed by atoms with Gasteiger partial charge in [-0.2, -0.15) is 0 Å². The van der Waals surface area contributed by atoms with Crippen LogP contribution in [0.5, 0.6) is 11.5 Å². The lowest BCUT2D eigenvalue weighted by Gasteiger charge is -2.14. The summed E-state index contributed by atoms with van der Waals surface area (Å²) in [6, 6.07) is 12.5. The molecule has 0 aliphatic carbocycles. The van der Waals surface area contributed by atoms with Crippen LogP contribution in [0, 0.1) is 6.92 Å². The van der Waals surface area contributed by atoms with E-state index in [1.165, 1.54) is 0 Å². The first-order chi connectivity index (χ1) is 14.4. The molecule has 2 rings (SSSR count). The fraction of sp³-hybridized carbons (Fsp3) is 0.286. The Bertz CT molecular complexity index is 908. The van der Waals surface area contributed by atoms with Crippen LogP contribution in [0.2, 0.25) is 0 Å². The third-order valence-corrected chi connectivity index (χ3v) is 4.54. The summed E-state index contributed by atoms with van der Waals surface area (Å²) >= 11 is 8.42. The normalized spacial score (nSPS) is 10.1. The van der Waals surface area contributed by atoms with Gasteiger partial charge in [-0.05, 0) is 61.5 Å². The van der Waals surface area contributed by atoms with Crippen LogP contribution < -0.4 is 25.6 Å². The lowest BCUT2D eigenvalue weighted by Crippen LogP contribution is -2.49. The van der Waals surface area contributed by atoms with Gasteiger partial charge in [-0.1, -0.05) is 41.4 Å². The van der Waals surface area contributed by atoms with Crippen LogP contribution in [0.1, 0.15) is 35.7 Å². The fourth-order valence-corrected chi connectivity index (χ4v) is 2.86. The number of carbonyl (C=O) groups excluding carboxylic acids is 2. The van der Waals surface area contributed by atoms with Gasteiger partial charge in [0.15, 0.2) is 11.7 Å². The van der Waals surface area contributed by atoms with Crippen molar-refractivity contribution < 1.29 is 19.1 Å². The molecule has 0 saturated heterocycles. The highest BCUT2D eigenvalue weighted by Crippen LogP contribution is 2.23. The van der Waals surface area contributed by atoms with E-state index in [4.69, 9.17) is 21.7 Å². The van der Waals surface area contributed by atoms with Gasteiger partial charge >= 0.3 is 0 Å². The molecule has 0 atom stereocenters. The molecule has 0 unspecified atom stereocenters. The third kappa shape index (κ3) is 8.00. The molecule has 9 heteroatoms. The summed E-state index contributed by atoms with van der Waals surface area (Å²) < 4.78 is 11.8. The molecule has 0 spiro atoms. The lowest BCUT2D eigenvalue weighted by atomic mass is 10.2. The van der Waals surface area contributed by atoms with Crippen LogP contribution in [-0.2, 0) is 4.79 Å². The van der Waals surface area contributed by atoms with E-state index in [0.29, 0.717) is 23.7 Å². The Morgan fingerprint density at radius 1 is 1.10 bits per heavy atom. The number of benzene rings is 2. The molecular formula is C21H24BrN3O4S. The number of carbonyl (C=O) groups is 2. The Labute approximate surface area is 189 Å². The molecular weight excluding hydrogens is 470 g/mol. The lowest BCUT2D eigenvalue weighted by molar-refractivity contribution is -0.123. The van der Waals surface area contributed by atoms with E-state index in [1.807, 2.05) is 25.1 Å². The minimum absolute atomic E-state index is 0.0524. The zero-order valence-corrected chi connectivity index (χ0v) is 19.2. The van der Waals surface area contributed by atoms with Crippen molar-refractivity contribution in [1.82, 2.24) is 16.2 Å². The smallest absolute Gasteiger partial charge is 0.276 e. The van der Waals surface area contributed by atoms with Crippen LogP contribution in [0.3, 0.4) is 0 Å². The van der Waals surface area contributed by atoms with Gasteiger partial charge in [0.2, 0.25) is 0 Å². The summed E-state index contributed by atoms with van der Waals surface area (Å²) in [6.07, 6.45) is 1.87. The second kappa shape index (κ2) is 12.1. The average Bonchev–Trinajstić information content (AvgIpc) is 2.72. The summed E-state index contributed by atoms with van der Waals surface area (Å²) in [7, 11) is 0. The van der Waals surface area contributed by atoms with Crippen LogP contribution in [0.25, 0.3) is 0 Å². The average molecular weight is 494 g/mol. The number of halogens is 1. The first-order valence-electron chi connectivity index (χ1n) is 9.41. The van der Waals surface area contributed by atoms with Crippen molar-refractivity contribution in [2.24, 2.45) is 0 Å². The van der Waals surface area contributed by atoms with Crippen LogP contribution in [0.4, 0.5) is 0 Å². The van der Waals surface area contributed by atoms with E-state index in [2.05, 4.69) is 39.0 Å². The molecule has 0 aromatic heterocycles. The van der Waals surface area contributed by atoms with Gasteiger partial charge in [0.05, 0.1) is 12.2 Å².